The molecule has 0 bridgehead atoms. The van der Waals surface area contributed by atoms with Gasteiger partial charge in [-0.25, -0.2) is 9.78 Å². The van der Waals surface area contributed by atoms with E-state index >= 15 is 0 Å². The van der Waals surface area contributed by atoms with E-state index in [0.717, 1.165) is 6.07 Å². The van der Waals surface area contributed by atoms with Crippen molar-refractivity contribution >= 4 is 17.8 Å². The van der Waals surface area contributed by atoms with Crippen LogP contribution in [0.15, 0.2) is 18.2 Å². The van der Waals surface area contributed by atoms with Crippen LogP contribution in [-0.2, 0) is 14.3 Å². The number of aliphatic carboxylic acids is 1. The maximum Gasteiger partial charge on any atom is 0.326 e. The Balaban J connectivity index is 2.68. The average molecular weight is 284 g/mol. The molecule has 1 aromatic rings. The van der Waals surface area contributed by atoms with Crippen molar-refractivity contribution in [3.8, 4) is 0 Å². The molecule has 0 aliphatic rings. The van der Waals surface area contributed by atoms with Crippen LogP contribution in [0.4, 0.5) is 4.39 Å². The van der Waals surface area contributed by atoms with Crippen molar-refractivity contribution in [1.29, 1.82) is 0 Å². The molecule has 1 heterocycles. The molecule has 1 atom stereocenters. The number of rotatable bonds is 6. The highest BCUT2D eigenvalue weighted by atomic mass is 19.1. The third kappa shape index (κ3) is 4.63. The molecule has 2 N–H and O–H groups in total. The number of hydrogen-bond donors (Lipinski definition) is 2. The van der Waals surface area contributed by atoms with Crippen molar-refractivity contribution in [2.75, 3.05) is 7.11 Å². The highest BCUT2D eigenvalue weighted by Gasteiger charge is 2.22. The molecule has 8 heteroatoms. The van der Waals surface area contributed by atoms with Crippen LogP contribution in [0.3, 0.4) is 0 Å². The highest BCUT2D eigenvalue weighted by Crippen LogP contribution is 2.03. The first-order valence-electron chi connectivity index (χ1n) is 5.67. The standard InChI is InChI=1S/C12H13FN2O5/c1-20-10(16)6-5-8(12(18)19)15-11(17)7-3-2-4-9(13)14-7/h2-4,8H,5-6H2,1H3,(H,15,17)(H,18,19)/t8-/m1/s1. The van der Waals surface area contributed by atoms with Gasteiger partial charge in [0.1, 0.15) is 11.7 Å². The molecule has 0 radical (unpaired) electrons. The van der Waals surface area contributed by atoms with Gasteiger partial charge in [0.15, 0.2) is 0 Å². The van der Waals surface area contributed by atoms with E-state index in [0.29, 0.717) is 0 Å². The summed E-state index contributed by atoms with van der Waals surface area (Å²) in [5, 5.41) is 11.1. The molecule has 0 aromatic carbocycles. The number of nitrogens with zero attached hydrogens (tertiary/aromatic N) is 1. The SMILES string of the molecule is COC(=O)CC[C@@H](NC(=O)c1cccc(F)n1)C(=O)O. The minimum atomic E-state index is -1.31. The lowest BCUT2D eigenvalue weighted by Gasteiger charge is -2.13. The summed E-state index contributed by atoms with van der Waals surface area (Å²) in [6.45, 7) is 0. The van der Waals surface area contributed by atoms with E-state index in [9.17, 15) is 18.8 Å². The van der Waals surface area contributed by atoms with Crippen molar-refractivity contribution in [1.82, 2.24) is 10.3 Å². The predicted molar refractivity (Wildman–Crippen MR) is 64.3 cm³/mol. The molecule has 0 aliphatic heterocycles. The van der Waals surface area contributed by atoms with E-state index < -0.39 is 29.8 Å². The Morgan fingerprint density at radius 1 is 1.45 bits per heavy atom. The quantitative estimate of drug-likeness (QED) is 0.577. The van der Waals surface area contributed by atoms with E-state index in [1.54, 1.807) is 0 Å². The molecule has 0 aliphatic carbocycles. The van der Waals surface area contributed by atoms with E-state index in [1.807, 2.05) is 0 Å². The monoisotopic (exact) mass is 284 g/mol. The summed E-state index contributed by atoms with van der Waals surface area (Å²) in [7, 11) is 1.17. The van der Waals surface area contributed by atoms with Crippen LogP contribution in [-0.4, -0.2) is 41.1 Å². The lowest BCUT2D eigenvalue weighted by molar-refractivity contribution is -0.142. The second-order valence-corrected chi connectivity index (χ2v) is 3.82. The number of methoxy groups -OCH3 is 1. The molecule has 0 unspecified atom stereocenters. The second kappa shape index (κ2) is 7.17. The molecular weight excluding hydrogens is 271 g/mol. The first kappa shape index (κ1) is 15.5. The molecule has 1 rings (SSSR count). The largest absolute Gasteiger partial charge is 0.480 e. The molecular formula is C12H13FN2O5. The molecule has 7 nitrogen and oxygen atoms in total. The van der Waals surface area contributed by atoms with E-state index in [4.69, 9.17) is 5.11 Å². The van der Waals surface area contributed by atoms with Crippen molar-refractivity contribution in [2.45, 2.75) is 18.9 Å². The van der Waals surface area contributed by atoms with Crippen molar-refractivity contribution in [3.05, 3.63) is 29.8 Å². The van der Waals surface area contributed by atoms with Gasteiger partial charge in [0, 0.05) is 6.42 Å². The van der Waals surface area contributed by atoms with Crippen molar-refractivity contribution in [2.24, 2.45) is 0 Å². The summed E-state index contributed by atoms with van der Waals surface area (Å²) in [6.07, 6.45) is -0.298. The van der Waals surface area contributed by atoms with Gasteiger partial charge >= 0.3 is 11.9 Å². The molecule has 0 fully saturated rings. The van der Waals surface area contributed by atoms with E-state index in [-0.39, 0.29) is 18.5 Å². The van der Waals surface area contributed by atoms with Gasteiger partial charge < -0.3 is 15.2 Å². The summed E-state index contributed by atoms with van der Waals surface area (Å²) in [4.78, 5) is 37.0. The fourth-order valence-corrected chi connectivity index (χ4v) is 1.39. The number of esters is 1. The van der Waals surface area contributed by atoms with Gasteiger partial charge in [-0.3, -0.25) is 9.59 Å². The molecule has 1 aromatic heterocycles. The Labute approximate surface area is 113 Å². The van der Waals surface area contributed by atoms with Gasteiger partial charge in [-0.15, -0.1) is 0 Å². The number of carbonyl (C=O) groups excluding carboxylic acids is 2. The fraction of sp³-hybridized carbons (Fsp3) is 0.333. The van der Waals surface area contributed by atoms with Gasteiger partial charge in [-0.1, -0.05) is 6.07 Å². The van der Waals surface area contributed by atoms with Gasteiger partial charge in [0.2, 0.25) is 5.95 Å². The highest BCUT2D eigenvalue weighted by molar-refractivity contribution is 5.95. The zero-order valence-electron chi connectivity index (χ0n) is 10.6. The lowest BCUT2D eigenvalue weighted by Crippen LogP contribution is -2.41. The maximum atomic E-state index is 12.9. The molecule has 1 amide bonds. The third-order valence-electron chi connectivity index (χ3n) is 2.42. The summed E-state index contributed by atoms with van der Waals surface area (Å²) < 4.78 is 17.2. The summed E-state index contributed by atoms with van der Waals surface area (Å²) in [5.41, 5.74) is -0.241. The third-order valence-corrected chi connectivity index (χ3v) is 2.42. The number of ether oxygens (including phenoxy) is 1. The number of aromatic nitrogens is 1. The van der Waals surface area contributed by atoms with Crippen LogP contribution in [0.25, 0.3) is 0 Å². The Morgan fingerprint density at radius 3 is 2.70 bits per heavy atom. The van der Waals surface area contributed by atoms with Crippen molar-refractivity contribution in [3.63, 3.8) is 0 Å². The van der Waals surface area contributed by atoms with Gasteiger partial charge in [-0.2, -0.15) is 4.39 Å². The van der Waals surface area contributed by atoms with Crippen LogP contribution in [0.1, 0.15) is 23.3 Å². The number of carboxylic acids is 1. The Bertz CT molecular complexity index is 520. The zero-order chi connectivity index (χ0) is 15.1. The normalized spacial score (nSPS) is 11.5. The fourth-order valence-electron chi connectivity index (χ4n) is 1.39. The number of carboxylic acid groups (broad SMARTS) is 1. The smallest absolute Gasteiger partial charge is 0.326 e. The minimum Gasteiger partial charge on any atom is -0.480 e. The van der Waals surface area contributed by atoms with Crippen LogP contribution in [0, 0.1) is 5.95 Å². The topological polar surface area (TPSA) is 106 Å². The molecule has 0 saturated heterocycles. The number of halogens is 1. The second-order valence-electron chi connectivity index (χ2n) is 3.82. The Kier molecular flexibility index (Phi) is 5.57. The summed E-state index contributed by atoms with van der Waals surface area (Å²) in [5.74, 6) is -3.58. The number of nitrogens with one attached hydrogen (secondary N) is 1. The lowest BCUT2D eigenvalue weighted by atomic mass is 10.1. The van der Waals surface area contributed by atoms with Crippen molar-refractivity contribution < 1.29 is 28.6 Å². The zero-order valence-corrected chi connectivity index (χ0v) is 10.6. The molecule has 20 heavy (non-hydrogen) atoms. The van der Waals surface area contributed by atoms with Crippen LogP contribution in [0.2, 0.25) is 0 Å². The number of carbonyl (C=O) groups is 3. The first-order chi connectivity index (χ1) is 9.43. The predicted octanol–water partition coefficient (Wildman–Crippen LogP) is 0.357. The van der Waals surface area contributed by atoms with Gasteiger partial charge in [0.25, 0.3) is 5.91 Å². The average Bonchev–Trinajstić information content (AvgIpc) is 2.42. The molecule has 0 spiro atoms. The Morgan fingerprint density at radius 2 is 2.15 bits per heavy atom. The number of amides is 1. The Hall–Kier alpha value is -2.51. The van der Waals surface area contributed by atoms with Crippen LogP contribution >= 0.6 is 0 Å². The molecule has 0 saturated carbocycles. The van der Waals surface area contributed by atoms with E-state index in [2.05, 4.69) is 15.0 Å². The first-order valence-corrected chi connectivity index (χ1v) is 5.67. The van der Waals surface area contributed by atoms with Gasteiger partial charge in [0.05, 0.1) is 7.11 Å². The number of hydrogen-bond acceptors (Lipinski definition) is 5. The number of pyridine rings is 1. The van der Waals surface area contributed by atoms with E-state index in [1.165, 1.54) is 19.2 Å². The summed E-state index contributed by atoms with van der Waals surface area (Å²) >= 11 is 0. The van der Waals surface area contributed by atoms with Crippen LogP contribution < -0.4 is 5.32 Å². The van der Waals surface area contributed by atoms with Crippen LogP contribution in [0.5, 0.6) is 0 Å². The minimum absolute atomic E-state index is 0.136. The maximum absolute atomic E-state index is 12.9. The van der Waals surface area contributed by atoms with Gasteiger partial charge in [-0.05, 0) is 18.6 Å². The summed E-state index contributed by atoms with van der Waals surface area (Å²) in [6, 6.07) is 2.30. The molecule has 108 valence electrons.